The van der Waals surface area contributed by atoms with Crippen LogP contribution >= 0.6 is 0 Å². The standard InChI is InChI=1S/C13H16O/c1-9-5-4-7-11-10-6-2-3-8-12(10)14-13(9)11/h2-3,6,8-9,11,13H,4-5,7H2,1H3/t9?,11-,13-/m1/s1. The molecule has 1 aliphatic carbocycles. The van der Waals surface area contributed by atoms with Gasteiger partial charge < -0.3 is 4.74 Å². The van der Waals surface area contributed by atoms with Crippen LogP contribution in [0.5, 0.6) is 5.75 Å². The van der Waals surface area contributed by atoms with E-state index in [1.165, 1.54) is 24.8 Å². The van der Waals surface area contributed by atoms with Crippen LogP contribution in [-0.2, 0) is 0 Å². The Morgan fingerprint density at radius 3 is 3.00 bits per heavy atom. The second-order valence-electron chi connectivity index (χ2n) is 4.63. The molecule has 0 aromatic heterocycles. The molecule has 2 aliphatic rings. The summed E-state index contributed by atoms with van der Waals surface area (Å²) in [4.78, 5) is 0. The third-order valence-corrected chi connectivity index (χ3v) is 3.71. The average Bonchev–Trinajstić information content (AvgIpc) is 2.59. The molecule has 1 fully saturated rings. The maximum Gasteiger partial charge on any atom is 0.123 e. The van der Waals surface area contributed by atoms with Crippen molar-refractivity contribution in [2.45, 2.75) is 38.2 Å². The number of rotatable bonds is 0. The molecule has 1 aliphatic heterocycles. The lowest BCUT2D eigenvalue weighted by Gasteiger charge is -2.30. The van der Waals surface area contributed by atoms with E-state index < -0.39 is 0 Å². The molecule has 1 saturated carbocycles. The highest BCUT2D eigenvalue weighted by Crippen LogP contribution is 2.47. The summed E-state index contributed by atoms with van der Waals surface area (Å²) in [6, 6.07) is 8.54. The monoisotopic (exact) mass is 188 g/mol. The minimum atomic E-state index is 0.459. The second-order valence-corrected chi connectivity index (χ2v) is 4.63. The maximum absolute atomic E-state index is 6.02. The summed E-state index contributed by atoms with van der Waals surface area (Å²) in [6.07, 6.45) is 4.46. The molecule has 0 bridgehead atoms. The van der Waals surface area contributed by atoms with Crippen LogP contribution in [0.3, 0.4) is 0 Å². The summed E-state index contributed by atoms with van der Waals surface area (Å²) in [7, 11) is 0. The van der Waals surface area contributed by atoms with Crippen molar-refractivity contribution in [1.82, 2.24) is 0 Å². The fourth-order valence-corrected chi connectivity index (χ4v) is 2.96. The number of fused-ring (bicyclic) bond motifs is 3. The second kappa shape index (κ2) is 3.01. The fourth-order valence-electron chi connectivity index (χ4n) is 2.96. The molecule has 0 N–H and O–H groups in total. The summed E-state index contributed by atoms with van der Waals surface area (Å²) in [5.74, 6) is 2.53. The van der Waals surface area contributed by atoms with Crippen molar-refractivity contribution in [2.24, 2.45) is 5.92 Å². The van der Waals surface area contributed by atoms with E-state index in [0.29, 0.717) is 12.0 Å². The zero-order chi connectivity index (χ0) is 9.54. The largest absolute Gasteiger partial charge is 0.489 e. The van der Waals surface area contributed by atoms with Crippen LogP contribution in [0.4, 0.5) is 0 Å². The number of hydrogen-bond acceptors (Lipinski definition) is 1. The van der Waals surface area contributed by atoms with Crippen LogP contribution in [0.15, 0.2) is 24.3 Å². The first-order valence-electron chi connectivity index (χ1n) is 5.62. The van der Waals surface area contributed by atoms with Crippen LogP contribution in [0.2, 0.25) is 0 Å². The van der Waals surface area contributed by atoms with Crippen molar-refractivity contribution in [3.63, 3.8) is 0 Å². The van der Waals surface area contributed by atoms with Gasteiger partial charge in [0, 0.05) is 11.5 Å². The van der Waals surface area contributed by atoms with Crippen molar-refractivity contribution in [3.8, 4) is 5.75 Å². The number of ether oxygens (including phenoxy) is 1. The fraction of sp³-hybridized carbons (Fsp3) is 0.538. The minimum Gasteiger partial charge on any atom is -0.489 e. The predicted molar refractivity (Wildman–Crippen MR) is 56.6 cm³/mol. The molecule has 1 nitrogen and oxygen atoms in total. The van der Waals surface area contributed by atoms with Crippen molar-refractivity contribution < 1.29 is 4.74 Å². The van der Waals surface area contributed by atoms with Crippen LogP contribution < -0.4 is 4.74 Å². The summed E-state index contributed by atoms with van der Waals surface area (Å²) >= 11 is 0. The Hall–Kier alpha value is -0.980. The molecule has 1 aromatic rings. The topological polar surface area (TPSA) is 9.23 Å². The molecule has 14 heavy (non-hydrogen) atoms. The highest BCUT2D eigenvalue weighted by Gasteiger charge is 2.39. The van der Waals surface area contributed by atoms with Crippen LogP contribution in [0, 0.1) is 5.92 Å². The van der Waals surface area contributed by atoms with Crippen LogP contribution in [-0.4, -0.2) is 6.10 Å². The van der Waals surface area contributed by atoms with Crippen molar-refractivity contribution in [2.75, 3.05) is 0 Å². The molecule has 0 radical (unpaired) electrons. The van der Waals surface area contributed by atoms with E-state index >= 15 is 0 Å². The van der Waals surface area contributed by atoms with Gasteiger partial charge in [-0.1, -0.05) is 31.5 Å². The zero-order valence-corrected chi connectivity index (χ0v) is 8.57. The molecule has 74 valence electrons. The van der Waals surface area contributed by atoms with Gasteiger partial charge in [-0.05, 0) is 24.8 Å². The number of hydrogen-bond donors (Lipinski definition) is 0. The van der Waals surface area contributed by atoms with Gasteiger partial charge >= 0.3 is 0 Å². The van der Waals surface area contributed by atoms with E-state index in [1.54, 1.807) is 0 Å². The summed E-state index contributed by atoms with van der Waals surface area (Å²) in [5, 5.41) is 0. The van der Waals surface area contributed by atoms with Crippen molar-refractivity contribution in [3.05, 3.63) is 29.8 Å². The molecule has 0 saturated heterocycles. The molecule has 0 amide bonds. The Bertz CT molecular complexity index is 345. The van der Waals surface area contributed by atoms with Crippen LogP contribution in [0.25, 0.3) is 0 Å². The Morgan fingerprint density at radius 1 is 1.21 bits per heavy atom. The van der Waals surface area contributed by atoms with E-state index in [-0.39, 0.29) is 0 Å². The quantitative estimate of drug-likeness (QED) is 0.606. The van der Waals surface area contributed by atoms with Crippen LogP contribution in [0.1, 0.15) is 37.7 Å². The van der Waals surface area contributed by atoms with E-state index in [4.69, 9.17) is 4.74 Å². The predicted octanol–water partition coefficient (Wildman–Crippen LogP) is 3.35. The van der Waals surface area contributed by atoms with E-state index in [2.05, 4.69) is 31.2 Å². The first kappa shape index (κ1) is 8.34. The SMILES string of the molecule is CC1CCC[C@@H]2c3ccccc3O[C@H]12. The van der Waals surface area contributed by atoms with Gasteiger partial charge in [0.25, 0.3) is 0 Å². The molecular formula is C13H16O. The highest BCUT2D eigenvalue weighted by molar-refractivity contribution is 5.41. The van der Waals surface area contributed by atoms with E-state index in [0.717, 1.165) is 11.7 Å². The lowest BCUT2D eigenvalue weighted by atomic mass is 9.78. The van der Waals surface area contributed by atoms with E-state index in [9.17, 15) is 0 Å². The average molecular weight is 188 g/mol. The Labute approximate surface area is 85.1 Å². The lowest BCUT2D eigenvalue weighted by Crippen LogP contribution is -2.30. The first-order chi connectivity index (χ1) is 6.86. The normalized spacial score (nSPS) is 34.5. The smallest absolute Gasteiger partial charge is 0.123 e. The Balaban J connectivity index is 2.00. The number of para-hydroxylation sites is 1. The van der Waals surface area contributed by atoms with Gasteiger partial charge in [-0.15, -0.1) is 0 Å². The summed E-state index contributed by atoms with van der Waals surface area (Å²) in [6.45, 7) is 2.32. The van der Waals surface area contributed by atoms with Gasteiger partial charge in [0.1, 0.15) is 11.9 Å². The summed E-state index contributed by atoms with van der Waals surface area (Å²) < 4.78 is 6.02. The summed E-state index contributed by atoms with van der Waals surface area (Å²) in [5.41, 5.74) is 1.45. The van der Waals surface area contributed by atoms with Gasteiger partial charge in [-0.2, -0.15) is 0 Å². The highest BCUT2D eigenvalue weighted by atomic mass is 16.5. The minimum absolute atomic E-state index is 0.459. The van der Waals surface area contributed by atoms with Crippen molar-refractivity contribution >= 4 is 0 Å². The molecule has 1 unspecified atom stereocenters. The van der Waals surface area contributed by atoms with Gasteiger partial charge in [0.2, 0.25) is 0 Å². The maximum atomic E-state index is 6.02. The molecule has 3 atom stereocenters. The molecule has 1 heteroatoms. The first-order valence-corrected chi connectivity index (χ1v) is 5.62. The third kappa shape index (κ3) is 1.08. The molecular weight excluding hydrogens is 172 g/mol. The molecule has 1 aromatic carbocycles. The lowest BCUT2D eigenvalue weighted by molar-refractivity contribution is 0.109. The van der Waals surface area contributed by atoms with Gasteiger partial charge in [-0.3, -0.25) is 0 Å². The molecule has 1 heterocycles. The Kier molecular flexibility index (Phi) is 1.79. The van der Waals surface area contributed by atoms with Gasteiger partial charge in [0.15, 0.2) is 0 Å². The Morgan fingerprint density at radius 2 is 2.07 bits per heavy atom. The zero-order valence-electron chi connectivity index (χ0n) is 8.57. The molecule has 3 rings (SSSR count). The third-order valence-electron chi connectivity index (χ3n) is 3.71. The van der Waals surface area contributed by atoms with Crippen molar-refractivity contribution in [1.29, 1.82) is 0 Å². The molecule has 0 spiro atoms. The van der Waals surface area contributed by atoms with Gasteiger partial charge in [-0.25, -0.2) is 0 Å². The van der Waals surface area contributed by atoms with Gasteiger partial charge in [0.05, 0.1) is 0 Å². The van der Waals surface area contributed by atoms with E-state index in [1.807, 2.05) is 0 Å². The number of benzene rings is 1.